The maximum absolute atomic E-state index is 12.1. The van der Waals surface area contributed by atoms with Crippen LogP contribution < -0.4 is 5.32 Å². The van der Waals surface area contributed by atoms with Crippen LogP contribution in [-0.2, 0) is 22.7 Å². The van der Waals surface area contributed by atoms with Crippen LogP contribution in [-0.4, -0.2) is 27.8 Å². The van der Waals surface area contributed by atoms with E-state index in [9.17, 15) is 4.79 Å². The maximum Gasteiger partial charge on any atom is 0.227 e. The first-order chi connectivity index (χ1) is 11.2. The van der Waals surface area contributed by atoms with Crippen molar-refractivity contribution in [2.75, 3.05) is 12.4 Å². The number of nitrogens with one attached hydrogen (secondary N) is 1. The molecular formula is C16H18N4O2S. The van der Waals surface area contributed by atoms with E-state index in [1.165, 1.54) is 22.3 Å². The largest absolute Gasteiger partial charge is 0.377 e. The quantitative estimate of drug-likeness (QED) is 0.754. The summed E-state index contributed by atoms with van der Waals surface area (Å²) in [5.41, 5.74) is 2.39. The molecule has 0 radical (unpaired) electrons. The van der Waals surface area contributed by atoms with Crippen molar-refractivity contribution < 1.29 is 9.53 Å². The molecular weight excluding hydrogens is 312 g/mol. The van der Waals surface area contributed by atoms with E-state index < -0.39 is 0 Å². The molecule has 0 saturated carbocycles. The van der Waals surface area contributed by atoms with E-state index in [-0.39, 0.29) is 5.91 Å². The van der Waals surface area contributed by atoms with Gasteiger partial charge >= 0.3 is 0 Å². The fourth-order valence-corrected chi connectivity index (χ4v) is 3.19. The van der Waals surface area contributed by atoms with E-state index in [4.69, 9.17) is 4.74 Å². The van der Waals surface area contributed by atoms with E-state index >= 15 is 0 Å². The second-order valence-electron chi connectivity index (χ2n) is 5.25. The first-order valence-electron chi connectivity index (χ1n) is 7.33. The number of aryl methyl sites for hydroxylation is 2. The van der Waals surface area contributed by atoms with E-state index in [1.54, 1.807) is 7.11 Å². The van der Waals surface area contributed by atoms with Gasteiger partial charge in [0.1, 0.15) is 11.6 Å². The van der Waals surface area contributed by atoms with Crippen molar-refractivity contribution in [1.82, 2.24) is 14.8 Å². The molecule has 6 nitrogen and oxygen atoms in total. The van der Waals surface area contributed by atoms with Gasteiger partial charge in [0.2, 0.25) is 11.0 Å². The molecule has 23 heavy (non-hydrogen) atoms. The lowest BCUT2D eigenvalue weighted by Crippen LogP contribution is -2.14. The number of hydrogen-bond acceptors (Lipinski definition) is 5. The molecule has 0 bridgehead atoms. The van der Waals surface area contributed by atoms with Crippen LogP contribution in [0.1, 0.15) is 17.0 Å². The van der Waals surface area contributed by atoms with Gasteiger partial charge in [0.05, 0.1) is 0 Å². The molecule has 2 aromatic heterocycles. The Hall–Kier alpha value is -2.25. The Kier molecular flexibility index (Phi) is 4.68. The standard InChI is InChI=1S/C16H18N4O2S/c1-11-4-3-5-13-12(11)6-8-20(13)9-7-14(21)17-16-19-18-15(23-16)10-22-2/h3-6,8H,7,9-10H2,1-2H3,(H,17,19,21). The lowest BCUT2D eigenvalue weighted by atomic mass is 10.1. The Balaban J connectivity index is 1.60. The summed E-state index contributed by atoms with van der Waals surface area (Å²) in [6.45, 7) is 3.12. The first-order valence-corrected chi connectivity index (χ1v) is 8.14. The fourth-order valence-electron chi connectivity index (χ4n) is 2.46. The molecule has 0 atom stereocenters. The molecule has 0 saturated heterocycles. The molecule has 0 unspecified atom stereocenters. The zero-order chi connectivity index (χ0) is 16.2. The fraction of sp³-hybridized carbons (Fsp3) is 0.312. The first kappa shape index (κ1) is 15.6. The van der Waals surface area contributed by atoms with Crippen LogP contribution in [0.4, 0.5) is 5.13 Å². The summed E-state index contributed by atoms with van der Waals surface area (Å²) in [7, 11) is 1.60. The van der Waals surface area contributed by atoms with Crippen molar-refractivity contribution in [1.29, 1.82) is 0 Å². The number of carbonyl (C=O) groups excluding carboxylic acids is 1. The van der Waals surface area contributed by atoms with Gasteiger partial charge in [0.25, 0.3) is 0 Å². The Bertz CT molecular complexity index is 824. The number of carbonyl (C=O) groups is 1. The number of aromatic nitrogens is 3. The number of rotatable bonds is 6. The predicted octanol–water partition coefficient (Wildman–Crippen LogP) is 2.98. The topological polar surface area (TPSA) is 69.0 Å². The van der Waals surface area contributed by atoms with Gasteiger partial charge in [-0.2, -0.15) is 0 Å². The summed E-state index contributed by atoms with van der Waals surface area (Å²) in [4.78, 5) is 12.1. The van der Waals surface area contributed by atoms with E-state index in [1.807, 2.05) is 12.3 Å². The summed E-state index contributed by atoms with van der Waals surface area (Å²) in [6.07, 6.45) is 2.41. The van der Waals surface area contributed by atoms with Crippen molar-refractivity contribution in [3.8, 4) is 0 Å². The highest BCUT2D eigenvalue weighted by Gasteiger charge is 2.09. The molecule has 0 aliphatic carbocycles. The van der Waals surface area contributed by atoms with Gasteiger partial charge < -0.3 is 14.6 Å². The number of nitrogens with zero attached hydrogens (tertiary/aromatic N) is 3. The highest BCUT2D eigenvalue weighted by Crippen LogP contribution is 2.20. The molecule has 3 aromatic rings. The molecule has 0 spiro atoms. The minimum Gasteiger partial charge on any atom is -0.377 e. The number of hydrogen-bond donors (Lipinski definition) is 1. The number of fused-ring (bicyclic) bond motifs is 1. The third kappa shape index (κ3) is 3.57. The van der Waals surface area contributed by atoms with Crippen LogP contribution in [0.15, 0.2) is 30.5 Å². The summed E-state index contributed by atoms with van der Waals surface area (Å²) in [5, 5.41) is 13.1. The van der Waals surface area contributed by atoms with E-state index in [0.717, 1.165) is 10.5 Å². The smallest absolute Gasteiger partial charge is 0.227 e. The van der Waals surface area contributed by atoms with Crippen LogP contribution in [0.3, 0.4) is 0 Å². The molecule has 1 amide bonds. The Morgan fingerprint density at radius 1 is 1.35 bits per heavy atom. The van der Waals surface area contributed by atoms with Crippen LogP contribution in [0.5, 0.6) is 0 Å². The summed E-state index contributed by atoms with van der Waals surface area (Å²) in [6, 6.07) is 8.28. The van der Waals surface area contributed by atoms with Gasteiger partial charge in [-0.15, -0.1) is 10.2 Å². The maximum atomic E-state index is 12.1. The van der Waals surface area contributed by atoms with Gasteiger partial charge in [-0.05, 0) is 24.6 Å². The van der Waals surface area contributed by atoms with Crippen molar-refractivity contribution in [3.63, 3.8) is 0 Å². The predicted molar refractivity (Wildman–Crippen MR) is 90.5 cm³/mol. The monoisotopic (exact) mass is 330 g/mol. The van der Waals surface area contributed by atoms with Crippen LogP contribution in [0.25, 0.3) is 10.9 Å². The van der Waals surface area contributed by atoms with Crippen molar-refractivity contribution >= 4 is 33.3 Å². The summed E-state index contributed by atoms with van der Waals surface area (Å²) < 4.78 is 7.08. The minimum absolute atomic E-state index is 0.0698. The highest BCUT2D eigenvalue weighted by molar-refractivity contribution is 7.15. The molecule has 2 heterocycles. The normalized spacial score (nSPS) is 11.0. The average Bonchev–Trinajstić information content (AvgIpc) is 3.13. The number of ether oxygens (including phenoxy) is 1. The number of benzene rings is 1. The average molecular weight is 330 g/mol. The van der Waals surface area contributed by atoms with Crippen LogP contribution >= 0.6 is 11.3 Å². The Labute approximate surface area is 138 Å². The van der Waals surface area contributed by atoms with Gasteiger partial charge in [-0.1, -0.05) is 23.5 Å². The van der Waals surface area contributed by atoms with Gasteiger partial charge in [-0.25, -0.2) is 0 Å². The molecule has 1 aromatic carbocycles. The molecule has 3 rings (SSSR count). The molecule has 1 N–H and O–H groups in total. The molecule has 0 aliphatic heterocycles. The SMILES string of the molecule is COCc1nnc(NC(=O)CCn2ccc3c(C)cccc32)s1. The molecule has 0 fully saturated rings. The minimum atomic E-state index is -0.0698. The zero-order valence-corrected chi connectivity index (χ0v) is 13.9. The Morgan fingerprint density at radius 2 is 2.22 bits per heavy atom. The molecule has 0 aliphatic rings. The zero-order valence-electron chi connectivity index (χ0n) is 13.1. The lowest BCUT2D eigenvalue weighted by Gasteiger charge is -2.06. The molecule has 120 valence electrons. The molecule has 7 heteroatoms. The van der Waals surface area contributed by atoms with Crippen molar-refractivity contribution in [3.05, 3.63) is 41.0 Å². The highest BCUT2D eigenvalue weighted by atomic mass is 32.1. The number of methoxy groups -OCH3 is 1. The lowest BCUT2D eigenvalue weighted by molar-refractivity contribution is -0.116. The van der Waals surface area contributed by atoms with Crippen molar-refractivity contribution in [2.24, 2.45) is 0 Å². The van der Waals surface area contributed by atoms with E-state index in [2.05, 4.69) is 45.2 Å². The van der Waals surface area contributed by atoms with Gasteiger partial charge in [0, 0.05) is 37.2 Å². The van der Waals surface area contributed by atoms with Crippen LogP contribution in [0.2, 0.25) is 0 Å². The second kappa shape index (κ2) is 6.89. The summed E-state index contributed by atoms with van der Waals surface area (Å²) in [5.74, 6) is -0.0698. The number of amides is 1. The van der Waals surface area contributed by atoms with Crippen molar-refractivity contribution in [2.45, 2.75) is 26.5 Å². The summed E-state index contributed by atoms with van der Waals surface area (Å²) >= 11 is 1.33. The Morgan fingerprint density at radius 3 is 3.04 bits per heavy atom. The second-order valence-corrected chi connectivity index (χ2v) is 6.31. The number of anilines is 1. The van der Waals surface area contributed by atoms with Gasteiger partial charge in [-0.3, -0.25) is 4.79 Å². The third-order valence-corrected chi connectivity index (χ3v) is 4.40. The third-order valence-electron chi connectivity index (χ3n) is 3.59. The van der Waals surface area contributed by atoms with Gasteiger partial charge in [0.15, 0.2) is 0 Å². The van der Waals surface area contributed by atoms with E-state index in [0.29, 0.717) is 24.7 Å². The van der Waals surface area contributed by atoms with Crippen LogP contribution in [0, 0.1) is 6.92 Å².